The summed E-state index contributed by atoms with van der Waals surface area (Å²) in [5.74, 6) is -2.54. The summed E-state index contributed by atoms with van der Waals surface area (Å²) in [6.45, 7) is 0.729. The van der Waals surface area contributed by atoms with Crippen molar-refractivity contribution in [2.45, 2.75) is 18.9 Å². The number of hydrogen-bond acceptors (Lipinski definition) is 7. The molecule has 1 fully saturated rings. The van der Waals surface area contributed by atoms with Gasteiger partial charge >= 0.3 is 0 Å². The number of hydrogen-bond donors (Lipinski definition) is 5. The van der Waals surface area contributed by atoms with Gasteiger partial charge in [-0.2, -0.15) is 0 Å². The fourth-order valence-corrected chi connectivity index (χ4v) is 3.87. The van der Waals surface area contributed by atoms with Crippen molar-refractivity contribution >= 4 is 27.5 Å². The SMILES string of the molecule is CS(=O)(=O)Nc1ccc(C(=O)NC2CCN(C(=O)c3cc(O)c(O)c(O)c3)CC2)cc1. The van der Waals surface area contributed by atoms with Gasteiger partial charge in [-0.3, -0.25) is 14.3 Å². The number of nitrogens with one attached hydrogen (secondary N) is 2. The molecule has 166 valence electrons. The van der Waals surface area contributed by atoms with Crippen LogP contribution in [-0.4, -0.2) is 65.8 Å². The van der Waals surface area contributed by atoms with Crippen molar-refractivity contribution in [3.8, 4) is 17.2 Å². The number of carbonyl (C=O) groups excluding carboxylic acids is 2. The molecule has 1 saturated heterocycles. The molecule has 5 N–H and O–H groups in total. The van der Waals surface area contributed by atoms with Crippen molar-refractivity contribution in [3.05, 3.63) is 47.5 Å². The number of likely N-dealkylation sites (tertiary alicyclic amines) is 1. The molecule has 0 spiro atoms. The van der Waals surface area contributed by atoms with Gasteiger partial charge in [-0.25, -0.2) is 8.42 Å². The summed E-state index contributed by atoms with van der Waals surface area (Å²) in [7, 11) is -3.40. The highest BCUT2D eigenvalue weighted by Crippen LogP contribution is 2.35. The molecule has 11 heteroatoms. The van der Waals surface area contributed by atoms with E-state index < -0.39 is 33.2 Å². The molecule has 0 aliphatic carbocycles. The van der Waals surface area contributed by atoms with E-state index in [0.29, 0.717) is 37.2 Å². The van der Waals surface area contributed by atoms with Crippen molar-refractivity contribution in [2.75, 3.05) is 24.1 Å². The zero-order valence-electron chi connectivity index (χ0n) is 16.7. The van der Waals surface area contributed by atoms with Crippen LogP contribution in [0.5, 0.6) is 17.2 Å². The Labute approximate surface area is 179 Å². The number of rotatable bonds is 5. The molecule has 0 saturated carbocycles. The lowest BCUT2D eigenvalue weighted by molar-refractivity contribution is 0.0697. The Bertz CT molecular complexity index is 1070. The van der Waals surface area contributed by atoms with Gasteiger partial charge in [0.05, 0.1) is 6.26 Å². The summed E-state index contributed by atoms with van der Waals surface area (Å²) in [5.41, 5.74) is 0.794. The van der Waals surface area contributed by atoms with Crippen LogP contribution in [0.2, 0.25) is 0 Å². The highest BCUT2D eigenvalue weighted by molar-refractivity contribution is 7.92. The van der Waals surface area contributed by atoms with Crippen LogP contribution in [-0.2, 0) is 10.0 Å². The third kappa shape index (κ3) is 5.57. The van der Waals surface area contributed by atoms with E-state index in [9.17, 15) is 33.3 Å². The standard InChI is InChI=1S/C20H23N3O7S/c1-31(29,30)22-15-4-2-12(3-5-15)19(27)21-14-6-8-23(9-7-14)20(28)13-10-16(24)18(26)17(25)11-13/h2-5,10-11,14,22,24-26H,6-9H2,1H3,(H,21,27). The van der Waals surface area contributed by atoms with E-state index >= 15 is 0 Å². The Kier molecular flexibility index (Phi) is 6.25. The maximum absolute atomic E-state index is 12.6. The van der Waals surface area contributed by atoms with Crippen LogP contribution in [0.4, 0.5) is 5.69 Å². The molecule has 0 atom stereocenters. The highest BCUT2D eigenvalue weighted by atomic mass is 32.2. The Morgan fingerprint density at radius 3 is 2.03 bits per heavy atom. The second-order valence-corrected chi connectivity index (χ2v) is 9.10. The number of carbonyl (C=O) groups is 2. The number of amides is 2. The van der Waals surface area contributed by atoms with E-state index in [2.05, 4.69) is 10.0 Å². The van der Waals surface area contributed by atoms with Crippen molar-refractivity contribution in [3.63, 3.8) is 0 Å². The van der Waals surface area contributed by atoms with Crippen LogP contribution < -0.4 is 10.0 Å². The van der Waals surface area contributed by atoms with Gasteiger partial charge in [-0.15, -0.1) is 0 Å². The average molecular weight is 449 g/mol. The Hall–Kier alpha value is -3.47. The number of benzene rings is 2. The van der Waals surface area contributed by atoms with E-state index in [0.717, 1.165) is 18.4 Å². The highest BCUT2D eigenvalue weighted by Gasteiger charge is 2.26. The molecule has 10 nitrogen and oxygen atoms in total. The topological polar surface area (TPSA) is 156 Å². The second-order valence-electron chi connectivity index (χ2n) is 7.35. The summed E-state index contributed by atoms with van der Waals surface area (Å²) in [6, 6.07) is 8.07. The molecular weight excluding hydrogens is 426 g/mol. The molecule has 1 aliphatic heterocycles. The maximum Gasteiger partial charge on any atom is 0.254 e. The number of nitrogens with zero attached hydrogens (tertiary/aromatic N) is 1. The molecule has 1 heterocycles. The molecule has 3 rings (SSSR count). The smallest absolute Gasteiger partial charge is 0.254 e. The molecule has 2 aromatic carbocycles. The number of piperidine rings is 1. The van der Waals surface area contributed by atoms with Crippen LogP contribution in [0.1, 0.15) is 33.6 Å². The first-order chi connectivity index (χ1) is 14.5. The largest absolute Gasteiger partial charge is 0.504 e. The molecule has 2 aromatic rings. The minimum atomic E-state index is -3.40. The van der Waals surface area contributed by atoms with Crippen LogP contribution in [0.25, 0.3) is 0 Å². The van der Waals surface area contributed by atoms with Crippen LogP contribution in [0, 0.1) is 0 Å². The summed E-state index contributed by atoms with van der Waals surface area (Å²) in [6.07, 6.45) is 2.07. The first-order valence-corrected chi connectivity index (χ1v) is 11.4. The lowest BCUT2D eigenvalue weighted by atomic mass is 10.0. The van der Waals surface area contributed by atoms with Crippen molar-refractivity contribution in [1.29, 1.82) is 0 Å². The number of sulfonamides is 1. The van der Waals surface area contributed by atoms with Crippen LogP contribution in [0.15, 0.2) is 36.4 Å². The average Bonchev–Trinajstić information content (AvgIpc) is 2.71. The minimum absolute atomic E-state index is 0.0538. The molecule has 0 aromatic heterocycles. The summed E-state index contributed by atoms with van der Waals surface area (Å²) >= 11 is 0. The number of anilines is 1. The number of phenolic OH excluding ortho intramolecular Hbond substituents is 3. The molecule has 1 aliphatic rings. The van der Waals surface area contributed by atoms with Crippen LogP contribution in [0.3, 0.4) is 0 Å². The van der Waals surface area contributed by atoms with E-state index in [-0.39, 0.29) is 17.5 Å². The van der Waals surface area contributed by atoms with Gasteiger partial charge in [-0.05, 0) is 49.2 Å². The van der Waals surface area contributed by atoms with Crippen molar-refractivity contribution in [1.82, 2.24) is 10.2 Å². The molecule has 0 unspecified atom stereocenters. The van der Waals surface area contributed by atoms with Gasteiger partial charge in [0.25, 0.3) is 11.8 Å². The lowest BCUT2D eigenvalue weighted by Crippen LogP contribution is -2.46. The molecule has 0 bridgehead atoms. The fraction of sp³-hybridized carbons (Fsp3) is 0.300. The number of aromatic hydroxyl groups is 3. The predicted molar refractivity (Wildman–Crippen MR) is 113 cm³/mol. The van der Waals surface area contributed by atoms with Gasteiger partial charge in [0.1, 0.15) is 0 Å². The van der Waals surface area contributed by atoms with Gasteiger partial charge in [0, 0.05) is 35.9 Å². The minimum Gasteiger partial charge on any atom is -0.504 e. The zero-order chi connectivity index (χ0) is 22.8. The van der Waals surface area contributed by atoms with Crippen molar-refractivity contribution in [2.24, 2.45) is 0 Å². The maximum atomic E-state index is 12.6. The van der Waals surface area contributed by atoms with E-state index in [4.69, 9.17) is 0 Å². The first kappa shape index (κ1) is 22.2. The first-order valence-electron chi connectivity index (χ1n) is 9.46. The van der Waals surface area contributed by atoms with Gasteiger partial charge in [-0.1, -0.05) is 0 Å². The van der Waals surface area contributed by atoms with Gasteiger partial charge < -0.3 is 25.5 Å². The lowest BCUT2D eigenvalue weighted by Gasteiger charge is -2.32. The van der Waals surface area contributed by atoms with E-state index in [1.807, 2.05) is 0 Å². The zero-order valence-corrected chi connectivity index (χ0v) is 17.5. The normalized spacial score (nSPS) is 14.8. The quantitative estimate of drug-likeness (QED) is 0.430. The van der Waals surface area contributed by atoms with Gasteiger partial charge in [0.2, 0.25) is 10.0 Å². The summed E-state index contributed by atoms with van der Waals surface area (Å²) in [4.78, 5) is 26.6. The molecule has 31 heavy (non-hydrogen) atoms. The second kappa shape index (κ2) is 8.72. The third-order valence-corrected chi connectivity index (χ3v) is 5.49. The molecule has 2 amide bonds. The summed E-state index contributed by atoms with van der Waals surface area (Å²) in [5, 5.41) is 31.5. The van der Waals surface area contributed by atoms with E-state index in [1.165, 1.54) is 24.3 Å². The Morgan fingerprint density at radius 1 is 0.968 bits per heavy atom. The van der Waals surface area contributed by atoms with E-state index in [1.54, 1.807) is 4.90 Å². The molecular formula is C20H23N3O7S. The van der Waals surface area contributed by atoms with Gasteiger partial charge in [0.15, 0.2) is 17.2 Å². The monoisotopic (exact) mass is 449 g/mol. The van der Waals surface area contributed by atoms with Crippen LogP contribution >= 0.6 is 0 Å². The van der Waals surface area contributed by atoms with Crippen molar-refractivity contribution < 1.29 is 33.3 Å². The Balaban J connectivity index is 1.55. The molecule has 0 radical (unpaired) electrons. The third-order valence-electron chi connectivity index (χ3n) is 4.88. The number of phenols is 3. The predicted octanol–water partition coefficient (Wildman–Crippen LogP) is 1.21. The Morgan fingerprint density at radius 2 is 1.52 bits per heavy atom. The fourth-order valence-electron chi connectivity index (χ4n) is 3.31. The summed E-state index contributed by atoms with van der Waals surface area (Å²) < 4.78 is 24.8.